The van der Waals surface area contributed by atoms with E-state index in [0.29, 0.717) is 17.5 Å². The van der Waals surface area contributed by atoms with Crippen molar-refractivity contribution in [2.45, 2.75) is 37.5 Å². The summed E-state index contributed by atoms with van der Waals surface area (Å²) >= 11 is 9.68. The minimum Gasteiger partial charge on any atom is -0.481 e. The van der Waals surface area contributed by atoms with Gasteiger partial charge in [0.05, 0.1) is 12.5 Å². The van der Waals surface area contributed by atoms with Crippen LogP contribution < -0.4 is 0 Å². The van der Waals surface area contributed by atoms with E-state index in [1.165, 1.54) is 0 Å². The molecular formula is C22H21BrClNO4. The van der Waals surface area contributed by atoms with Gasteiger partial charge in [0.15, 0.2) is 0 Å². The number of carbonyl (C=O) groups is 2. The predicted molar refractivity (Wildman–Crippen MR) is 113 cm³/mol. The summed E-state index contributed by atoms with van der Waals surface area (Å²) in [6.07, 6.45) is 0.300. The molecule has 4 rings (SSSR count). The van der Waals surface area contributed by atoms with Crippen molar-refractivity contribution in [2.24, 2.45) is 5.92 Å². The molecule has 1 N–H and O–H groups in total. The van der Waals surface area contributed by atoms with Crippen LogP contribution in [0.15, 0.2) is 53.0 Å². The quantitative estimate of drug-likeness (QED) is 0.635. The van der Waals surface area contributed by atoms with Gasteiger partial charge in [0.1, 0.15) is 12.2 Å². The second-order valence-electron chi connectivity index (χ2n) is 7.63. The van der Waals surface area contributed by atoms with Crippen LogP contribution in [0.3, 0.4) is 0 Å². The second kappa shape index (κ2) is 8.46. The van der Waals surface area contributed by atoms with Crippen molar-refractivity contribution < 1.29 is 19.4 Å². The lowest BCUT2D eigenvalue weighted by atomic mass is 9.91. The van der Waals surface area contributed by atoms with Gasteiger partial charge in [-0.15, -0.1) is 0 Å². The molecule has 1 aliphatic carbocycles. The fourth-order valence-corrected chi connectivity index (χ4v) is 4.29. The summed E-state index contributed by atoms with van der Waals surface area (Å²) in [5.41, 5.74) is 1.77. The maximum absolute atomic E-state index is 13.2. The number of rotatable bonds is 6. The number of hydrogen-bond donors (Lipinski definition) is 1. The highest BCUT2D eigenvalue weighted by molar-refractivity contribution is 9.10. The third-order valence-corrected chi connectivity index (χ3v) is 6.16. The van der Waals surface area contributed by atoms with Crippen LogP contribution in [0, 0.1) is 5.92 Å². The van der Waals surface area contributed by atoms with Crippen LogP contribution in [0.25, 0.3) is 0 Å². The molecule has 0 unspecified atom stereocenters. The van der Waals surface area contributed by atoms with Crippen LogP contribution in [-0.2, 0) is 14.3 Å². The van der Waals surface area contributed by atoms with Gasteiger partial charge in [0.25, 0.3) is 5.91 Å². The van der Waals surface area contributed by atoms with Gasteiger partial charge in [-0.2, -0.15) is 0 Å². The van der Waals surface area contributed by atoms with Crippen LogP contribution in [-0.4, -0.2) is 34.5 Å². The Labute approximate surface area is 182 Å². The number of carbonyl (C=O) groups excluding carboxylic acids is 1. The van der Waals surface area contributed by atoms with Crippen LogP contribution in [0.1, 0.15) is 42.5 Å². The van der Waals surface area contributed by atoms with Gasteiger partial charge in [0, 0.05) is 16.0 Å². The van der Waals surface area contributed by atoms with E-state index in [-0.39, 0.29) is 18.4 Å². The molecule has 2 aromatic rings. The minimum atomic E-state index is -1.05. The summed E-state index contributed by atoms with van der Waals surface area (Å²) in [7, 11) is 0. The molecule has 0 spiro atoms. The highest BCUT2D eigenvalue weighted by atomic mass is 79.9. The summed E-state index contributed by atoms with van der Waals surface area (Å²) in [6, 6.07) is 14.8. The van der Waals surface area contributed by atoms with E-state index >= 15 is 0 Å². The zero-order valence-electron chi connectivity index (χ0n) is 15.6. The first-order chi connectivity index (χ1) is 13.9. The van der Waals surface area contributed by atoms with Crippen molar-refractivity contribution in [3.63, 3.8) is 0 Å². The van der Waals surface area contributed by atoms with E-state index in [1.54, 1.807) is 6.07 Å². The number of carboxylic acids is 1. The van der Waals surface area contributed by atoms with E-state index in [1.807, 2.05) is 47.4 Å². The zero-order valence-corrected chi connectivity index (χ0v) is 18.0. The number of halogens is 2. The maximum atomic E-state index is 13.2. The third-order valence-electron chi connectivity index (χ3n) is 5.39. The van der Waals surface area contributed by atoms with Crippen LogP contribution >= 0.6 is 27.5 Å². The van der Waals surface area contributed by atoms with Crippen LogP contribution in [0.5, 0.6) is 0 Å². The molecule has 29 heavy (non-hydrogen) atoms. The lowest BCUT2D eigenvalue weighted by molar-refractivity contribution is -0.179. The number of hydrogen-bond acceptors (Lipinski definition) is 3. The van der Waals surface area contributed by atoms with E-state index < -0.39 is 18.2 Å². The highest BCUT2D eigenvalue weighted by Crippen LogP contribution is 2.45. The Balaban J connectivity index is 1.78. The van der Waals surface area contributed by atoms with Crippen molar-refractivity contribution in [1.82, 2.24) is 4.90 Å². The number of nitrogens with zero attached hydrogens (tertiary/aromatic N) is 1. The molecule has 7 heteroatoms. The van der Waals surface area contributed by atoms with Crippen molar-refractivity contribution in [2.75, 3.05) is 6.54 Å². The van der Waals surface area contributed by atoms with Crippen LogP contribution in [0.2, 0.25) is 5.02 Å². The third kappa shape index (κ3) is 4.65. The largest absolute Gasteiger partial charge is 0.481 e. The first-order valence-electron chi connectivity index (χ1n) is 9.61. The molecule has 3 atom stereocenters. The normalized spacial score (nSPS) is 24.6. The van der Waals surface area contributed by atoms with Crippen molar-refractivity contribution >= 4 is 39.4 Å². The number of ether oxygens (including phenoxy) is 1. The van der Waals surface area contributed by atoms with Gasteiger partial charge in [0.2, 0.25) is 0 Å². The van der Waals surface area contributed by atoms with E-state index in [0.717, 1.165) is 28.4 Å². The molecule has 5 nitrogen and oxygen atoms in total. The average molecular weight is 479 g/mol. The molecule has 0 bridgehead atoms. The number of carboxylic acid groups (broad SMARTS) is 1. The molecule has 2 aliphatic rings. The summed E-state index contributed by atoms with van der Waals surface area (Å²) in [4.78, 5) is 26.4. The Hall–Kier alpha value is -1.89. The molecule has 2 fully saturated rings. The molecule has 0 aromatic heterocycles. The molecule has 1 aliphatic heterocycles. The first-order valence-corrected chi connectivity index (χ1v) is 10.8. The van der Waals surface area contributed by atoms with Crippen molar-refractivity contribution in [1.29, 1.82) is 0 Å². The fourth-order valence-electron chi connectivity index (χ4n) is 3.83. The second-order valence-corrected chi connectivity index (χ2v) is 8.98. The lowest BCUT2D eigenvalue weighted by Gasteiger charge is -2.45. The minimum absolute atomic E-state index is 0.259. The molecule has 1 saturated heterocycles. The van der Waals surface area contributed by atoms with Crippen LogP contribution in [0.4, 0.5) is 0 Å². The fraction of sp³-hybridized carbons (Fsp3) is 0.364. The predicted octanol–water partition coefficient (Wildman–Crippen LogP) is 5.00. The van der Waals surface area contributed by atoms with Gasteiger partial charge in [-0.3, -0.25) is 9.59 Å². The van der Waals surface area contributed by atoms with E-state index in [2.05, 4.69) is 15.9 Å². The van der Waals surface area contributed by atoms with Crippen molar-refractivity contribution in [3.8, 4) is 0 Å². The number of morpholine rings is 1. The summed E-state index contributed by atoms with van der Waals surface area (Å²) in [5.74, 6) is -0.854. The average Bonchev–Trinajstić information content (AvgIpc) is 3.49. The SMILES string of the molecule is O=C(O)C[C@@H]1O[C@H](c2cccc(Cl)c2)[C@@H](c2ccc(Br)cc2)N(CC2CC2)C1=O. The van der Waals surface area contributed by atoms with Gasteiger partial charge in [-0.25, -0.2) is 0 Å². The number of amides is 1. The van der Waals surface area contributed by atoms with Gasteiger partial charge in [-0.1, -0.05) is 51.8 Å². The van der Waals surface area contributed by atoms with Gasteiger partial charge < -0.3 is 14.7 Å². The molecule has 1 saturated carbocycles. The number of aliphatic carboxylic acids is 1. The van der Waals surface area contributed by atoms with Gasteiger partial charge in [-0.05, 0) is 54.2 Å². The molecule has 0 radical (unpaired) electrons. The standard InChI is InChI=1S/C22H21BrClNO4/c23-16-8-6-14(7-9-16)20-21(15-2-1-3-17(24)10-15)29-18(11-19(26)27)22(28)25(20)12-13-4-5-13/h1-3,6-10,13,18,20-21H,4-5,11-12H2,(H,26,27)/t18-,20+,21+/m0/s1. The van der Waals surface area contributed by atoms with Gasteiger partial charge >= 0.3 is 5.97 Å². The zero-order chi connectivity index (χ0) is 20.5. The summed E-state index contributed by atoms with van der Waals surface area (Å²) < 4.78 is 7.08. The maximum Gasteiger partial charge on any atom is 0.306 e. The van der Waals surface area contributed by atoms with E-state index in [9.17, 15) is 14.7 Å². The topological polar surface area (TPSA) is 66.8 Å². The Morgan fingerprint density at radius 2 is 1.90 bits per heavy atom. The smallest absolute Gasteiger partial charge is 0.306 e. The Morgan fingerprint density at radius 1 is 1.17 bits per heavy atom. The Morgan fingerprint density at radius 3 is 2.52 bits per heavy atom. The Bertz CT molecular complexity index is 915. The molecule has 152 valence electrons. The highest BCUT2D eigenvalue weighted by Gasteiger charge is 2.46. The van der Waals surface area contributed by atoms with E-state index in [4.69, 9.17) is 16.3 Å². The summed E-state index contributed by atoms with van der Waals surface area (Å²) in [5, 5.41) is 9.87. The first kappa shape index (κ1) is 20.4. The molecule has 1 heterocycles. The molecular weight excluding hydrogens is 458 g/mol. The lowest BCUT2D eigenvalue weighted by Crippen LogP contribution is -2.52. The van der Waals surface area contributed by atoms with Crippen molar-refractivity contribution in [3.05, 3.63) is 69.2 Å². The monoisotopic (exact) mass is 477 g/mol. The Kier molecular flexibility index (Phi) is 5.95. The molecule has 2 aromatic carbocycles. The summed E-state index contributed by atoms with van der Waals surface area (Å²) in [6.45, 7) is 0.607. The molecule has 1 amide bonds. The number of benzene rings is 2.